The van der Waals surface area contributed by atoms with E-state index in [1.165, 1.54) is 10.9 Å². The first kappa shape index (κ1) is 14.0. The number of aryl methyl sites for hydroxylation is 1. The van der Waals surface area contributed by atoms with Gasteiger partial charge in [-0.25, -0.2) is 0 Å². The van der Waals surface area contributed by atoms with Gasteiger partial charge in [-0.3, -0.25) is 4.68 Å². The van der Waals surface area contributed by atoms with Crippen LogP contribution in [-0.2, 0) is 13.1 Å². The van der Waals surface area contributed by atoms with E-state index in [0.29, 0.717) is 0 Å². The predicted molar refractivity (Wildman–Crippen MR) is 78.0 cm³/mol. The predicted octanol–water partition coefficient (Wildman–Crippen LogP) is 2.31. The standard InChI is InChI=1S/C15H23N3O/c1-4-18-15-8-6-5-7-13(15)14(17-18)10-16-11(2)9-12(3)19/h5-8,11-12,16,19H,4,9-10H2,1-3H3. The number of hydrogen-bond donors (Lipinski definition) is 2. The lowest BCUT2D eigenvalue weighted by atomic mass is 10.1. The molecule has 0 radical (unpaired) electrons. The largest absolute Gasteiger partial charge is 0.393 e. The smallest absolute Gasteiger partial charge is 0.0841 e. The average Bonchev–Trinajstić information content (AvgIpc) is 2.74. The van der Waals surface area contributed by atoms with Crippen LogP contribution in [0.5, 0.6) is 0 Å². The third-order valence-corrected chi connectivity index (χ3v) is 3.35. The number of rotatable bonds is 6. The third-order valence-electron chi connectivity index (χ3n) is 3.35. The van der Waals surface area contributed by atoms with Gasteiger partial charge in [0.15, 0.2) is 0 Å². The van der Waals surface area contributed by atoms with Gasteiger partial charge in [-0.1, -0.05) is 18.2 Å². The highest BCUT2D eigenvalue weighted by atomic mass is 16.3. The maximum absolute atomic E-state index is 9.37. The van der Waals surface area contributed by atoms with E-state index in [-0.39, 0.29) is 12.1 Å². The molecule has 2 N–H and O–H groups in total. The van der Waals surface area contributed by atoms with Crippen LogP contribution in [0.2, 0.25) is 0 Å². The number of aliphatic hydroxyl groups excluding tert-OH is 1. The fourth-order valence-corrected chi connectivity index (χ4v) is 2.43. The zero-order chi connectivity index (χ0) is 13.8. The van der Waals surface area contributed by atoms with E-state index in [1.54, 1.807) is 0 Å². The number of benzene rings is 1. The van der Waals surface area contributed by atoms with Crippen LogP contribution < -0.4 is 5.32 Å². The van der Waals surface area contributed by atoms with Crippen molar-refractivity contribution in [2.45, 2.75) is 52.4 Å². The van der Waals surface area contributed by atoms with Crippen molar-refractivity contribution in [3.8, 4) is 0 Å². The van der Waals surface area contributed by atoms with Crippen molar-refractivity contribution < 1.29 is 5.11 Å². The quantitative estimate of drug-likeness (QED) is 0.839. The normalized spacial score (nSPS) is 14.7. The Balaban J connectivity index is 2.12. The number of nitrogens with one attached hydrogen (secondary N) is 1. The molecular weight excluding hydrogens is 238 g/mol. The lowest BCUT2D eigenvalue weighted by Gasteiger charge is -2.14. The van der Waals surface area contributed by atoms with Gasteiger partial charge in [-0.15, -0.1) is 0 Å². The molecule has 1 heterocycles. The molecule has 0 amide bonds. The Hall–Kier alpha value is -1.39. The topological polar surface area (TPSA) is 50.1 Å². The van der Waals surface area contributed by atoms with Crippen molar-refractivity contribution in [1.29, 1.82) is 0 Å². The summed E-state index contributed by atoms with van der Waals surface area (Å²) in [5, 5.41) is 18.7. The molecule has 1 aromatic carbocycles. The number of fused-ring (bicyclic) bond motifs is 1. The number of nitrogens with zero attached hydrogens (tertiary/aromatic N) is 2. The van der Waals surface area contributed by atoms with Gasteiger partial charge in [0.25, 0.3) is 0 Å². The number of para-hydroxylation sites is 1. The summed E-state index contributed by atoms with van der Waals surface area (Å²) >= 11 is 0. The number of hydrogen-bond acceptors (Lipinski definition) is 3. The summed E-state index contributed by atoms with van der Waals surface area (Å²) in [5.41, 5.74) is 2.26. The zero-order valence-electron chi connectivity index (χ0n) is 11.9. The van der Waals surface area contributed by atoms with Crippen LogP contribution in [0, 0.1) is 0 Å². The second-order valence-electron chi connectivity index (χ2n) is 5.15. The highest BCUT2D eigenvalue weighted by molar-refractivity contribution is 5.81. The molecule has 0 aliphatic carbocycles. The minimum absolute atomic E-state index is 0.271. The highest BCUT2D eigenvalue weighted by Gasteiger charge is 2.11. The summed E-state index contributed by atoms with van der Waals surface area (Å²) in [6, 6.07) is 8.60. The van der Waals surface area contributed by atoms with Gasteiger partial charge in [-0.05, 0) is 33.3 Å². The van der Waals surface area contributed by atoms with Gasteiger partial charge in [0, 0.05) is 24.5 Å². The van der Waals surface area contributed by atoms with Crippen molar-refractivity contribution in [3.63, 3.8) is 0 Å². The van der Waals surface area contributed by atoms with E-state index in [0.717, 1.165) is 25.2 Å². The van der Waals surface area contributed by atoms with Crippen molar-refractivity contribution in [1.82, 2.24) is 15.1 Å². The second-order valence-corrected chi connectivity index (χ2v) is 5.15. The maximum atomic E-state index is 9.37. The third kappa shape index (κ3) is 3.33. The summed E-state index contributed by atoms with van der Waals surface area (Å²) in [5.74, 6) is 0. The first-order valence-electron chi connectivity index (χ1n) is 6.97. The molecule has 4 nitrogen and oxygen atoms in total. The fraction of sp³-hybridized carbons (Fsp3) is 0.533. The van der Waals surface area contributed by atoms with Crippen LogP contribution in [0.15, 0.2) is 24.3 Å². The first-order chi connectivity index (χ1) is 9.11. The molecule has 2 atom stereocenters. The van der Waals surface area contributed by atoms with E-state index in [9.17, 15) is 5.11 Å². The summed E-state index contributed by atoms with van der Waals surface area (Å²) in [7, 11) is 0. The van der Waals surface area contributed by atoms with Crippen LogP contribution in [0.4, 0.5) is 0 Å². The van der Waals surface area contributed by atoms with Gasteiger partial charge < -0.3 is 10.4 Å². The zero-order valence-corrected chi connectivity index (χ0v) is 11.9. The molecule has 1 aromatic heterocycles. The van der Waals surface area contributed by atoms with Gasteiger partial charge >= 0.3 is 0 Å². The van der Waals surface area contributed by atoms with E-state index in [1.807, 2.05) is 23.7 Å². The molecule has 19 heavy (non-hydrogen) atoms. The monoisotopic (exact) mass is 261 g/mol. The number of aliphatic hydroxyl groups is 1. The summed E-state index contributed by atoms with van der Waals surface area (Å²) < 4.78 is 2.03. The SMILES string of the molecule is CCn1nc(CNC(C)CC(C)O)c2ccccc21. The molecular formula is C15H23N3O. The van der Waals surface area contributed by atoms with E-state index < -0.39 is 0 Å². The highest BCUT2D eigenvalue weighted by Crippen LogP contribution is 2.18. The summed E-state index contributed by atoms with van der Waals surface area (Å²) in [4.78, 5) is 0. The average molecular weight is 261 g/mol. The van der Waals surface area contributed by atoms with Crippen molar-refractivity contribution in [3.05, 3.63) is 30.0 Å². The van der Waals surface area contributed by atoms with E-state index in [4.69, 9.17) is 0 Å². The Bertz CT molecular complexity index is 533. The summed E-state index contributed by atoms with van der Waals surface area (Å²) in [6.07, 6.45) is 0.485. The molecule has 104 valence electrons. The first-order valence-corrected chi connectivity index (χ1v) is 6.97. The van der Waals surface area contributed by atoms with Crippen LogP contribution in [0.3, 0.4) is 0 Å². The Kier molecular flexibility index (Phi) is 4.56. The fourth-order valence-electron chi connectivity index (χ4n) is 2.43. The minimum atomic E-state index is -0.271. The Morgan fingerprint density at radius 1 is 1.32 bits per heavy atom. The Morgan fingerprint density at radius 2 is 2.05 bits per heavy atom. The van der Waals surface area contributed by atoms with Gasteiger partial charge in [0.1, 0.15) is 0 Å². The van der Waals surface area contributed by atoms with Crippen LogP contribution in [0.1, 0.15) is 32.9 Å². The Labute approximate surface area is 114 Å². The molecule has 0 saturated heterocycles. The van der Waals surface area contributed by atoms with E-state index in [2.05, 4.69) is 36.4 Å². The maximum Gasteiger partial charge on any atom is 0.0841 e. The van der Waals surface area contributed by atoms with Crippen LogP contribution in [-0.4, -0.2) is 27.0 Å². The molecule has 2 aromatic rings. The van der Waals surface area contributed by atoms with Crippen molar-refractivity contribution >= 4 is 10.9 Å². The van der Waals surface area contributed by atoms with Gasteiger partial charge in [0.05, 0.1) is 17.3 Å². The Morgan fingerprint density at radius 3 is 2.74 bits per heavy atom. The van der Waals surface area contributed by atoms with Crippen LogP contribution >= 0.6 is 0 Å². The van der Waals surface area contributed by atoms with Gasteiger partial charge in [0.2, 0.25) is 0 Å². The molecule has 0 spiro atoms. The molecule has 4 heteroatoms. The molecule has 2 unspecified atom stereocenters. The second kappa shape index (κ2) is 6.17. The molecule has 0 aliphatic heterocycles. The van der Waals surface area contributed by atoms with Gasteiger partial charge in [-0.2, -0.15) is 5.10 Å². The van der Waals surface area contributed by atoms with Crippen molar-refractivity contribution in [2.75, 3.05) is 0 Å². The van der Waals surface area contributed by atoms with Crippen LogP contribution in [0.25, 0.3) is 10.9 Å². The lowest BCUT2D eigenvalue weighted by Crippen LogP contribution is -2.29. The molecule has 0 saturated carbocycles. The summed E-state index contributed by atoms with van der Waals surface area (Å²) in [6.45, 7) is 7.63. The lowest BCUT2D eigenvalue weighted by molar-refractivity contribution is 0.170. The number of aromatic nitrogens is 2. The molecule has 0 aliphatic rings. The molecule has 0 fully saturated rings. The molecule has 0 bridgehead atoms. The van der Waals surface area contributed by atoms with Crippen molar-refractivity contribution in [2.24, 2.45) is 0 Å². The molecule has 2 rings (SSSR count). The van der Waals surface area contributed by atoms with E-state index >= 15 is 0 Å². The minimum Gasteiger partial charge on any atom is -0.393 e.